The van der Waals surface area contributed by atoms with E-state index in [1.807, 2.05) is 20.0 Å². The van der Waals surface area contributed by atoms with E-state index in [-0.39, 0.29) is 18.4 Å². The van der Waals surface area contributed by atoms with E-state index in [9.17, 15) is 4.79 Å². The Morgan fingerprint density at radius 2 is 2.28 bits per heavy atom. The van der Waals surface area contributed by atoms with Crippen LogP contribution in [0.5, 0.6) is 0 Å². The molecule has 2 aromatic rings. The summed E-state index contributed by atoms with van der Waals surface area (Å²) in [6.45, 7) is 4.58. The van der Waals surface area contributed by atoms with Crippen LogP contribution in [0.2, 0.25) is 0 Å². The van der Waals surface area contributed by atoms with Gasteiger partial charge in [0, 0.05) is 52.8 Å². The summed E-state index contributed by atoms with van der Waals surface area (Å²) in [6, 6.07) is 1.94. The molecule has 1 aliphatic heterocycles. The fourth-order valence-electron chi connectivity index (χ4n) is 3.09. The number of amides is 1. The summed E-state index contributed by atoms with van der Waals surface area (Å²) < 4.78 is 12.6. The van der Waals surface area contributed by atoms with Crippen LogP contribution in [-0.2, 0) is 29.7 Å². The van der Waals surface area contributed by atoms with Crippen molar-refractivity contribution in [1.82, 2.24) is 30.0 Å². The van der Waals surface area contributed by atoms with Crippen LogP contribution in [0.3, 0.4) is 0 Å². The second kappa shape index (κ2) is 7.32. The number of ether oxygens (including phenoxy) is 1. The molecule has 2 aromatic heterocycles. The van der Waals surface area contributed by atoms with Crippen LogP contribution < -0.4 is 0 Å². The van der Waals surface area contributed by atoms with Gasteiger partial charge in [0.25, 0.3) is 0 Å². The highest BCUT2D eigenvalue weighted by atomic mass is 16.5. The lowest BCUT2D eigenvalue weighted by atomic mass is 9.99. The third-order valence-corrected chi connectivity index (χ3v) is 4.29. The van der Waals surface area contributed by atoms with E-state index in [1.54, 1.807) is 18.8 Å². The lowest BCUT2D eigenvalue weighted by molar-refractivity contribution is -0.133. The minimum absolute atomic E-state index is 0.0471. The second-order valence-electron chi connectivity index (χ2n) is 6.64. The topological polar surface area (TPSA) is 89.5 Å². The minimum atomic E-state index is -0.0471. The van der Waals surface area contributed by atoms with Crippen molar-refractivity contribution in [2.45, 2.75) is 25.9 Å². The summed E-state index contributed by atoms with van der Waals surface area (Å²) in [7, 11) is 5.33. The van der Waals surface area contributed by atoms with Crippen molar-refractivity contribution in [3.63, 3.8) is 0 Å². The Bertz CT molecular complexity index is 738. The Morgan fingerprint density at radius 3 is 2.96 bits per heavy atom. The molecule has 0 N–H and O–H groups in total. The fourth-order valence-corrected chi connectivity index (χ4v) is 3.09. The normalized spacial score (nSPS) is 17.5. The summed E-state index contributed by atoms with van der Waals surface area (Å²) in [5.74, 6) is 0.857. The van der Waals surface area contributed by atoms with Crippen molar-refractivity contribution >= 4 is 5.91 Å². The molecule has 3 heterocycles. The van der Waals surface area contributed by atoms with E-state index in [2.05, 4.69) is 20.4 Å². The molecule has 0 unspecified atom stereocenters. The van der Waals surface area contributed by atoms with Gasteiger partial charge in [-0.1, -0.05) is 10.4 Å². The van der Waals surface area contributed by atoms with E-state index in [4.69, 9.17) is 9.26 Å². The third kappa shape index (κ3) is 4.05. The molecule has 136 valence electrons. The zero-order valence-corrected chi connectivity index (χ0v) is 15.1. The Hall–Kier alpha value is -2.26. The van der Waals surface area contributed by atoms with Gasteiger partial charge in [-0.2, -0.15) is 0 Å². The third-order valence-electron chi connectivity index (χ3n) is 4.29. The SMILES string of the molecule is Cc1cc(CN2Cc3nnn(C)c3[C@@H](COCC(=O)N(C)C)C2)no1. The molecule has 1 amide bonds. The second-order valence-corrected chi connectivity index (χ2v) is 6.64. The maximum atomic E-state index is 11.7. The molecule has 0 bridgehead atoms. The summed E-state index contributed by atoms with van der Waals surface area (Å²) in [5, 5.41) is 12.5. The van der Waals surface area contributed by atoms with Crippen LogP contribution in [-0.4, -0.2) is 69.7 Å². The molecule has 3 rings (SSSR count). The average Bonchev–Trinajstić information content (AvgIpc) is 3.13. The zero-order chi connectivity index (χ0) is 18.0. The predicted octanol–water partition coefficient (Wildman–Crippen LogP) is 0.316. The van der Waals surface area contributed by atoms with Crippen LogP contribution in [0.4, 0.5) is 0 Å². The molecule has 1 aliphatic rings. The maximum absolute atomic E-state index is 11.7. The largest absolute Gasteiger partial charge is 0.371 e. The number of fused-ring (bicyclic) bond motifs is 1. The Kier molecular flexibility index (Phi) is 5.14. The first-order valence-electron chi connectivity index (χ1n) is 8.25. The number of likely N-dealkylation sites (N-methyl/N-ethyl adjacent to an activating group) is 1. The molecule has 0 saturated carbocycles. The average molecular weight is 348 g/mol. The van der Waals surface area contributed by atoms with Crippen LogP contribution in [0.25, 0.3) is 0 Å². The molecule has 0 aliphatic carbocycles. The van der Waals surface area contributed by atoms with Crippen molar-refractivity contribution in [2.24, 2.45) is 7.05 Å². The summed E-state index contributed by atoms with van der Waals surface area (Å²) in [6.07, 6.45) is 0. The van der Waals surface area contributed by atoms with Crippen molar-refractivity contribution < 1.29 is 14.1 Å². The summed E-state index contributed by atoms with van der Waals surface area (Å²) in [4.78, 5) is 15.5. The Morgan fingerprint density at radius 1 is 1.48 bits per heavy atom. The first-order valence-corrected chi connectivity index (χ1v) is 8.25. The zero-order valence-electron chi connectivity index (χ0n) is 15.1. The van der Waals surface area contributed by atoms with E-state index < -0.39 is 0 Å². The molecular weight excluding hydrogens is 324 g/mol. The molecule has 0 fully saturated rings. The lowest BCUT2D eigenvalue weighted by Crippen LogP contribution is -2.36. The van der Waals surface area contributed by atoms with Gasteiger partial charge >= 0.3 is 0 Å². The molecule has 0 radical (unpaired) electrons. The van der Waals surface area contributed by atoms with E-state index in [0.717, 1.165) is 29.4 Å². The Labute approximate surface area is 146 Å². The van der Waals surface area contributed by atoms with Crippen LogP contribution in [0, 0.1) is 6.92 Å². The van der Waals surface area contributed by atoms with Crippen LogP contribution >= 0.6 is 0 Å². The van der Waals surface area contributed by atoms with Gasteiger partial charge in [0.1, 0.15) is 18.1 Å². The summed E-state index contributed by atoms with van der Waals surface area (Å²) >= 11 is 0. The fraction of sp³-hybridized carbons (Fsp3) is 0.625. The number of hydrogen-bond donors (Lipinski definition) is 0. The van der Waals surface area contributed by atoms with Gasteiger partial charge in [0.15, 0.2) is 0 Å². The van der Waals surface area contributed by atoms with Gasteiger partial charge in [0.05, 0.1) is 18.0 Å². The van der Waals surface area contributed by atoms with Gasteiger partial charge in [-0.05, 0) is 6.92 Å². The van der Waals surface area contributed by atoms with Crippen LogP contribution in [0.1, 0.15) is 28.8 Å². The van der Waals surface area contributed by atoms with Crippen LogP contribution in [0.15, 0.2) is 10.6 Å². The first kappa shape index (κ1) is 17.6. The number of aromatic nitrogens is 4. The molecule has 25 heavy (non-hydrogen) atoms. The van der Waals surface area contributed by atoms with Gasteiger partial charge < -0.3 is 14.2 Å². The number of aryl methyl sites for hydroxylation is 2. The Balaban J connectivity index is 1.67. The highest BCUT2D eigenvalue weighted by Crippen LogP contribution is 2.27. The number of hydrogen-bond acceptors (Lipinski definition) is 7. The smallest absolute Gasteiger partial charge is 0.248 e. The van der Waals surface area contributed by atoms with E-state index >= 15 is 0 Å². The lowest BCUT2D eigenvalue weighted by Gasteiger charge is -2.31. The maximum Gasteiger partial charge on any atom is 0.248 e. The molecule has 9 heteroatoms. The molecule has 1 atom stereocenters. The number of rotatable bonds is 6. The van der Waals surface area contributed by atoms with Gasteiger partial charge in [-0.3, -0.25) is 14.4 Å². The van der Waals surface area contributed by atoms with Crippen molar-refractivity contribution in [1.29, 1.82) is 0 Å². The number of carbonyl (C=O) groups excluding carboxylic acids is 1. The van der Waals surface area contributed by atoms with Crippen molar-refractivity contribution in [2.75, 3.05) is 33.9 Å². The summed E-state index contributed by atoms with van der Waals surface area (Å²) in [5.41, 5.74) is 2.92. The predicted molar refractivity (Wildman–Crippen MR) is 88.6 cm³/mol. The standard InChI is InChI=1S/C16H24N6O3/c1-11-5-13(18-25-11)7-22-6-12(9-24-10-15(23)20(2)3)16-14(8-22)17-19-21(16)4/h5,12H,6-10H2,1-4H3/t12-/m1/s1. The van der Waals surface area contributed by atoms with Gasteiger partial charge in [0.2, 0.25) is 5.91 Å². The molecule has 9 nitrogen and oxygen atoms in total. The monoisotopic (exact) mass is 348 g/mol. The molecular formula is C16H24N6O3. The minimum Gasteiger partial charge on any atom is -0.371 e. The van der Waals surface area contributed by atoms with Crippen molar-refractivity contribution in [3.05, 3.63) is 28.9 Å². The van der Waals surface area contributed by atoms with Crippen molar-refractivity contribution in [3.8, 4) is 0 Å². The van der Waals surface area contributed by atoms with E-state index in [0.29, 0.717) is 19.7 Å². The van der Waals surface area contributed by atoms with Gasteiger partial charge in [-0.25, -0.2) is 0 Å². The molecule has 0 aromatic carbocycles. The highest BCUT2D eigenvalue weighted by molar-refractivity contribution is 5.76. The van der Waals surface area contributed by atoms with E-state index in [1.165, 1.54) is 4.90 Å². The molecule has 0 saturated heterocycles. The first-order chi connectivity index (χ1) is 11.9. The number of carbonyl (C=O) groups is 1. The number of nitrogens with zero attached hydrogens (tertiary/aromatic N) is 6. The molecule has 0 spiro atoms. The quantitative estimate of drug-likeness (QED) is 0.742. The van der Waals surface area contributed by atoms with Gasteiger partial charge in [-0.15, -0.1) is 5.10 Å². The highest BCUT2D eigenvalue weighted by Gasteiger charge is 2.30.